The van der Waals surface area contributed by atoms with Gasteiger partial charge in [-0.1, -0.05) is 12.7 Å². The van der Waals surface area contributed by atoms with Crippen LogP contribution in [0.1, 0.15) is 5.56 Å². The molecule has 0 aliphatic carbocycles. The van der Waals surface area contributed by atoms with Crippen LogP contribution in [0.4, 0.5) is 4.79 Å². The summed E-state index contributed by atoms with van der Waals surface area (Å²) in [5.74, 6) is -1.12. The van der Waals surface area contributed by atoms with Gasteiger partial charge in [0, 0.05) is 18.8 Å². The monoisotopic (exact) mass is 250 g/mol. The summed E-state index contributed by atoms with van der Waals surface area (Å²) in [6.45, 7) is 3.42. The predicted octanol–water partition coefficient (Wildman–Crippen LogP) is 0.990. The van der Waals surface area contributed by atoms with Crippen LogP contribution in [0.5, 0.6) is 0 Å². The number of amides is 1. The van der Waals surface area contributed by atoms with E-state index in [-0.39, 0.29) is 13.0 Å². The molecule has 1 atom stereocenters. The number of aliphatic carboxylic acids is 1. The fourth-order valence-corrected chi connectivity index (χ4v) is 1.27. The Morgan fingerprint density at radius 2 is 2.17 bits per heavy atom. The van der Waals surface area contributed by atoms with Crippen molar-refractivity contribution in [2.45, 2.75) is 12.5 Å². The average Bonchev–Trinajstić information content (AvgIpc) is 2.36. The van der Waals surface area contributed by atoms with Crippen molar-refractivity contribution in [3.05, 3.63) is 42.7 Å². The third kappa shape index (κ3) is 4.65. The molecule has 1 aromatic heterocycles. The summed E-state index contributed by atoms with van der Waals surface area (Å²) >= 11 is 0. The van der Waals surface area contributed by atoms with Crippen LogP contribution in [0.2, 0.25) is 0 Å². The molecule has 18 heavy (non-hydrogen) atoms. The molecule has 0 aliphatic rings. The number of carboxylic acids is 1. The highest BCUT2D eigenvalue weighted by molar-refractivity contribution is 5.80. The number of hydrogen-bond acceptors (Lipinski definition) is 4. The van der Waals surface area contributed by atoms with E-state index in [0.717, 1.165) is 5.56 Å². The van der Waals surface area contributed by atoms with Crippen LogP contribution in [0.3, 0.4) is 0 Å². The zero-order chi connectivity index (χ0) is 13.4. The Hall–Kier alpha value is -2.37. The zero-order valence-electron chi connectivity index (χ0n) is 9.70. The van der Waals surface area contributed by atoms with Gasteiger partial charge in [-0.25, -0.2) is 9.59 Å². The number of carbonyl (C=O) groups is 2. The lowest BCUT2D eigenvalue weighted by molar-refractivity contribution is -0.139. The number of aromatic nitrogens is 1. The van der Waals surface area contributed by atoms with E-state index >= 15 is 0 Å². The molecular formula is C12H14N2O4. The predicted molar refractivity (Wildman–Crippen MR) is 64.0 cm³/mol. The number of nitrogens with zero attached hydrogens (tertiary/aromatic N) is 1. The second kappa shape index (κ2) is 7.05. The molecule has 2 N–H and O–H groups in total. The summed E-state index contributed by atoms with van der Waals surface area (Å²) in [6.07, 6.45) is 3.91. The van der Waals surface area contributed by atoms with E-state index in [9.17, 15) is 9.59 Å². The van der Waals surface area contributed by atoms with Gasteiger partial charge in [-0.3, -0.25) is 4.98 Å². The third-order valence-corrected chi connectivity index (χ3v) is 2.11. The summed E-state index contributed by atoms with van der Waals surface area (Å²) in [7, 11) is 0. The number of pyridine rings is 1. The lowest BCUT2D eigenvalue weighted by atomic mass is 10.1. The van der Waals surface area contributed by atoms with Gasteiger partial charge < -0.3 is 15.2 Å². The minimum Gasteiger partial charge on any atom is -0.480 e. The molecule has 0 aromatic carbocycles. The van der Waals surface area contributed by atoms with Gasteiger partial charge in [0.1, 0.15) is 12.6 Å². The Labute approximate surface area is 104 Å². The Morgan fingerprint density at radius 3 is 2.72 bits per heavy atom. The van der Waals surface area contributed by atoms with Crippen molar-refractivity contribution in [1.82, 2.24) is 10.3 Å². The summed E-state index contributed by atoms with van der Waals surface area (Å²) in [5, 5.41) is 11.3. The standard InChI is InChI=1S/C12H14N2O4/c1-2-7-18-12(17)14-10(11(15)16)8-9-3-5-13-6-4-9/h2-6,10H,1,7-8H2,(H,14,17)(H,15,16)/t10-/m1/s1. The van der Waals surface area contributed by atoms with E-state index in [4.69, 9.17) is 5.11 Å². The van der Waals surface area contributed by atoms with Gasteiger partial charge in [-0.2, -0.15) is 0 Å². The van der Waals surface area contributed by atoms with Crippen LogP contribution in [0.15, 0.2) is 37.2 Å². The fraction of sp³-hybridized carbons (Fsp3) is 0.250. The number of carbonyl (C=O) groups excluding carboxylic acids is 1. The molecule has 0 bridgehead atoms. The number of ether oxygens (including phenoxy) is 1. The van der Waals surface area contributed by atoms with Crippen molar-refractivity contribution in [1.29, 1.82) is 0 Å². The molecule has 0 radical (unpaired) electrons. The van der Waals surface area contributed by atoms with Crippen molar-refractivity contribution < 1.29 is 19.4 Å². The molecule has 0 spiro atoms. The quantitative estimate of drug-likeness (QED) is 0.735. The lowest BCUT2D eigenvalue weighted by Gasteiger charge is -2.14. The van der Waals surface area contributed by atoms with Crippen molar-refractivity contribution in [2.24, 2.45) is 0 Å². The van der Waals surface area contributed by atoms with Crippen molar-refractivity contribution in [3.63, 3.8) is 0 Å². The average molecular weight is 250 g/mol. The molecule has 1 rings (SSSR count). The zero-order valence-corrected chi connectivity index (χ0v) is 9.70. The normalized spacial score (nSPS) is 11.3. The summed E-state index contributed by atoms with van der Waals surface area (Å²) in [6, 6.07) is 2.34. The van der Waals surface area contributed by atoms with Gasteiger partial charge in [0.2, 0.25) is 0 Å². The van der Waals surface area contributed by atoms with Crippen molar-refractivity contribution in [2.75, 3.05) is 6.61 Å². The van der Waals surface area contributed by atoms with E-state index < -0.39 is 18.1 Å². The van der Waals surface area contributed by atoms with Crippen molar-refractivity contribution >= 4 is 12.1 Å². The van der Waals surface area contributed by atoms with Gasteiger partial charge in [0.15, 0.2) is 0 Å². The van der Waals surface area contributed by atoms with Gasteiger partial charge in [0.05, 0.1) is 0 Å². The minimum absolute atomic E-state index is 0.0351. The van der Waals surface area contributed by atoms with E-state index in [1.807, 2.05) is 0 Å². The highest BCUT2D eigenvalue weighted by Gasteiger charge is 2.20. The number of alkyl carbamates (subject to hydrolysis) is 1. The van der Waals surface area contributed by atoms with Crippen LogP contribution >= 0.6 is 0 Å². The number of rotatable bonds is 6. The first-order valence-electron chi connectivity index (χ1n) is 5.29. The molecule has 0 fully saturated rings. The molecular weight excluding hydrogens is 236 g/mol. The third-order valence-electron chi connectivity index (χ3n) is 2.11. The van der Waals surface area contributed by atoms with Crippen LogP contribution in [0.25, 0.3) is 0 Å². The van der Waals surface area contributed by atoms with Crippen LogP contribution < -0.4 is 5.32 Å². The van der Waals surface area contributed by atoms with Gasteiger partial charge >= 0.3 is 12.1 Å². The molecule has 0 saturated heterocycles. The van der Waals surface area contributed by atoms with Gasteiger partial charge in [0.25, 0.3) is 0 Å². The van der Waals surface area contributed by atoms with Gasteiger partial charge in [-0.15, -0.1) is 0 Å². The highest BCUT2D eigenvalue weighted by atomic mass is 16.5. The van der Waals surface area contributed by atoms with Crippen LogP contribution in [-0.4, -0.2) is 34.8 Å². The van der Waals surface area contributed by atoms with Gasteiger partial charge in [-0.05, 0) is 17.7 Å². The molecule has 1 aromatic rings. The molecule has 0 aliphatic heterocycles. The Kier molecular flexibility index (Phi) is 5.37. The summed E-state index contributed by atoms with van der Waals surface area (Å²) < 4.78 is 4.67. The second-order valence-electron chi connectivity index (χ2n) is 3.48. The topological polar surface area (TPSA) is 88.5 Å². The van der Waals surface area contributed by atoms with Crippen molar-refractivity contribution in [3.8, 4) is 0 Å². The van der Waals surface area contributed by atoms with E-state index in [1.165, 1.54) is 6.08 Å². The highest BCUT2D eigenvalue weighted by Crippen LogP contribution is 2.02. The summed E-state index contributed by atoms with van der Waals surface area (Å²) in [5.41, 5.74) is 0.765. The number of carboxylic acid groups (broad SMARTS) is 1. The molecule has 1 amide bonds. The molecule has 0 saturated carbocycles. The smallest absolute Gasteiger partial charge is 0.408 e. The fourth-order valence-electron chi connectivity index (χ4n) is 1.27. The SMILES string of the molecule is C=CCOC(=O)N[C@H](Cc1ccncc1)C(=O)O. The van der Waals surface area contributed by atoms with E-state index in [1.54, 1.807) is 24.5 Å². The van der Waals surface area contributed by atoms with E-state index in [0.29, 0.717) is 0 Å². The molecule has 1 heterocycles. The second-order valence-corrected chi connectivity index (χ2v) is 3.48. The van der Waals surface area contributed by atoms with E-state index in [2.05, 4.69) is 21.6 Å². The maximum Gasteiger partial charge on any atom is 0.408 e. The molecule has 6 heteroatoms. The maximum absolute atomic E-state index is 11.3. The first-order chi connectivity index (χ1) is 8.63. The minimum atomic E-state index is -1.12. The Bertz CT molecular complexity index is 419. The van der Waals surface area contributed by atoms with Crippen LogP contribution in [-0.2, 0) is 16.0 Å². The number of hydrogen-bond donors (Lipinski definition) is 2. The first kappa shape index (κ1) is 13.7. The largest absolute Gasteiger partial charge is 0.480 e. The molecule has 96 valence electrons. The Balaban J connectivity index is 2.58. The number of nitrogens with one attached hydrogen (secondary N) is 1. The Morgan fingerprint density at radius 1 is 1.50 bits per heavy atom. The van der Waals surface area contributed by atoms with Crippen LogP contribution in [0, 0.1) is 0 Å². The first-order valence-corrected chi connectivity index (χ1v) is 5.29. The lowest BCUT2D eigenvalue weighted by Crippen LogP contribution is -2.42. The molecule has 6 nitrogen and oxygen atoms in total. The summed E-state index contributed by atoms with van der Waals surface area (Å²) in [4.78, 5) is 26.1. The molecule has 0 unspecified atom stereocenters. The maximum atomic E-state index is 11.3.